The van der Waals surface area contributed by atoms with Crippen LogP contribution in [-0.4, -0.2) is 12.0 Å². The Labute approximate surface area is 97.4 Å². The fraction of sp³-hybridized carbons (Fsp3) is 0.429. The van der Waals surface area contributed by atoms with Crippen molar-refractivity contribution in [1.29, 1.82) is 0 Å². The topological polar surface area (TPSA) is 29.4 Å². The first-order valence-corrected chi connectivity index (χ1v) is 5.86. The summed E-state index contributed by atoms with van der Waals surface area (Å²) < 4.78 is 0. The zero-order valence-corrected chi connectivity index (χ0v) is 10.1. The van der Waals surface area contributed by atoms with Crippen LogP contribution < -0.4 is 0 Å². The molecule has 16 heavy (non-hydrogen) atoms. The summed E-state index contributed by atoms with van der Waals surface area (Å²) >= 11 is 0. The van der Waals surface area contributed by atoms with E-state index in [1.54, 1.807) is 6.07 Å². The molecule has 2 heteroatoms. The minimum Gasteiger partial charge on any atom is -0.298 e. The number of carbonyl (C=O) groups excluding carboxylic acids is 1. The Morgan fingerprint density at radius 3 is 2.75 bits per heavy atom. The van der Waals surface area contributed by atoms with Gasteiger partial charge in [-0.15, -0.1) is 0 Å². The van der Waals surface area contributed by atoms with Crippen molar-refractivity contribution in [1.82, 2.24) is 0 Å². The Morgan fingerprint density at radius 2 is 2.06 bits per heavy atom. The molecule has 0 N–H and O–H groups in total. The molecule has 0 aliphatic carbocycles. The molecule has 2 nitrogen and oxygen atoms in total. The molecule has 0 saturated carbocycles. The number of aliphatic imine (C=N–C) groups is 1. The van der Waals surface area contributed by atoms with Gasteiger partial charge in [0, 0.05) is 11.3 Å². The van der Waals surface area contributed by atoms with E-state index >= 15 is 0 Å². The summed E-state index contributed by atoms with van der Waals surface area (Å²) in [6, 6.07) is 7.44. The molecule has 86 valence electrons. The SMILES string of the molecule is CCCCCC(C)=Nc1ccccc1C=O. The van der Waals surface area contributed by atoms with Crippen molar-refractivity contribution in [3.63, 3.8) is 0 Å². The average Bonchev–Trinajstić information content (AvgIpc) is 2.30. The smallest absolute Gasteiger partial charge is 0.152 e. The summed E-state index contributed by atoms with van der Waals surface area (Å²) in [7, 11) is 0. The van der Waals surface area contributed by atoms with Gasteiger partial charge < -0.3 is 0 Å². The van der Waals surface area contributed by atoms with E-state index in [4.69, 9.17) is 0 Å². The predicted octanol–water partition coefficient (Wildman–Crippen LogP) is 4.17. The lowest BCUT2D eigenvalue weighted by molar-refractivity contribution is 0.112. The molecule has 0 aliphatic rings. The fourth-order valence-corrected chi connectivity index (χ4v) is 1.58. The van der Waals surface area contributed by atoms with Crippen LogP contribution in [0.25, 0.3) is 0 Å². The van der Waals surface area contributed by atoms with Crippen LogP contribution in [0.5, 0.6) is 0 Å². The van der Waals surface area contributed by atoms with Crippen LogP contribution in [0.3, 0.4) is 0 Å². The van der Waals surface area contributed by atoms with Crippen molar-refractivity contribution >= 4 is 17.7 Å². The van der Waals surface area contributed by atoms with Gasteiger partial charge in [0.1, 0.15) is 0 Å². The Hall–Kier alpha value is -1.44. The van der Waals surface area contributed by atoms with Crippen LogP contribution in [0.1, 0.15) is 49.9 Å². The summed E-state index contributed by atoms with van der Waals surface area (Å²) in [5, 5.41) is 0. The second-order valence-corrected chi connectivity index (χ2v) is 3.98. The maximum atomic E-state index is 10.8. The molecule has 0 aliphatic heterocycles. The second kappa shape index (κ2) is 6.94. The number of rotatable bonds is 6. The maximum Gasteiger partial charge on any atom is 0.152 e. The van der Waals surface area contributed by atoms with Crippen LogP contribution in [0.15, 0.2) is 29.3 Å². The lowest BCUT2D eigenvalue weighted by Crippen LogP contribution is -1.91. The molecule has 0 bridgehead atoms. The van der Waals surface area contributed by atoms with Crippen molar-refractivity contribution in [2.45, 2.75) is 39.5 Å². The highest BCUT2D eigenvalue weighted by atomic mass is 16.1. The number of benzene rings is 1. The number of nitrogens with zero attached hydrogens (tertiary/aromatic N) is 1. The molecule has 0 fully saturated rings. The van der Waals surface area contributed by atoms with E-state index < -0.39 is 0 Å². The molecule has 0 radical (unpaired) electrons. The Bertz CT molecular complexity index is 369. The predicted molar refractivity (Wildman–Crippen MR) is 68.7 cm³/mol. The van der Waals surface area contributed by atoms with E-state index in [2.05, 4.69) is 11.9 Å². The third-order valence-electron chi connectivity index (χ3n) is 2.52. The number of para-hydroxylation sites is 1. The van der Waals surface area contributed by atoms with Gasteiger partial charge in [0.05, 0.1) is 5.69 Å². The van der Waals surface area contributed by atoms with E-state index in [1.807, 2.05) is 25.1 Å². The summed E-state index contributed by atoms with van der Waals surface area (Å²) in [6.07, 6.45) is 5.51. The van der Waals surface area contributed by atoms with Gasteiger partial charge in [0.2, 0.25) is 0 Å². The first kappa shape index (κ1) is 12.6. The van der Waals surface area contributed by atoms with Crippen molar-refractivity contribution in [3.05, 3.63) is 29.8 Å². The summed E-state index contributed by atoms with van der Waals surface area (Å²) in [4.78, 5) is 15.3. The molecular weight excluding hydrogens is 198 g/mol. The normalized spacial score (nSPS) is 11.5. The lowest BCUT2D eigenvalue weighted by atomic mass is 10.1. The van der Waals surface area contributed by atoms with E-state index in [1.165, 1.54) is 19.3 Å². The Balaban J connectivity index is 2.69. The molecule has 0 amide bonds. The van der Waals surface area contributed by atoms with Crippen LogP contribution in [0.2, 0.25) is 0 Å². The monoisotopic (exact) mass is 217 g/mol. The van der Waals surface area contributed by atoms with E-state index in [-0.39, 0.29) is 0 Å². The number of hydrogen-bond acceptors (Lipinski definition) is 2. The van der Waals surface area contributed by atoms with Crippen molar-refractivity contribution < 1.29 is 4.79 Å². The lowest BCUT2D eigenvalue weighted by Gasteiger charge is -2.02. The van der Waals surface area contributed by atoms with E-state index in [0.29, 0.717) is 5.56 Å². The molecule has 0 atom stereocenters. The number of aldehydes is 1. The van der Waals surface area contributed by atoms with Gasteiger partial charge in [-0.2, -0.15) is 0 Å². The van der Waals surface area contributed by atoms with Gasteiger partial charge in [-0.1, -0.05) is 31.9 Å². The molecule has 1 rings (SSSR count). The van der Waals surface area contributed by atoms with E-state index in [9.17, 15) is 4.79 Å². The third-order valence-corrected chi connectivity index (χ3v) is 2.52. The minimum absolute atomic E-state index is 0.664. The first-order chi connectivity index (χ1) is 7.77. The van der Waals surface area contributed by atoms with Gasteiger partial charge in [-0.05, 0) is 31.9 Å². The van der Waals surface area contributed by atoms with Crippen molar-refractivity contribution in [3.8, 4) is 0 Å². The Morgan fingerprint density at radius 1 is 1.31 bits per heavy atom. The number of carbonyl (C=O) groups is 1. The third kappa shape index (κ3) is 3.97. The molecule has 1 aromatic carbocycles. The highest BCUT2D eigenvalue weighted by molar-refractivity contribution is 5.89. The number of unbranched alkanes of at least 4 members (excludes halogenated alkanes) is 2. The molecule has 0 heterocycles. The van der Waals surface area contributed by atoms with Gasteiger partial charge in [0.25, 0.3) is 0 Å². The highest BCUT2D eigenvalue weighted by Crippen LogP contribution is 2.17. The first-order valence-electron chi connectivity index (χ1n) is 5.86. The molecule has 1 aromatic rings. The summed E-state index contributed by atoms with van der Waals surface area (Å²) in [5.74, 6) is 0. The van der Waals surface area contributed by atoms with Gasteiger partial charge in [-0.3, -0.25) is 9.79 Å². The molecular formula is C14H19NO. The zero-order valence-electron chi connectivity index (χ0n) is 10.1. The van der Waals surface area contributed by atoms with Crippen LogP contribution >= 0.6 is 0 Å². The fourth-order valence-electron chi connectivity index (χ4n) is 1.58. The van der Waals surface area contributed by atoms with E-state index in [0.717, 1.165) is 24.1 Å². The Kier molecular flexibility index (Phi) is 5.48. The quantitative estimate of drug-likeness (QED) is 0.399. The second-order valence-electron chi connectivity index (χ2n) is 3.98. The largest absolute Gasteiger partial charge is 0.298 e. The minimum atomic E-state index is 0.664. The summed E-state index contributed by atoms with van der Waals surface area (Å²) in [6.45, 7) is 4.21. The highest BCUT2D eigenvalue weighted by Gasteiger charge is 1.99. The average molecular weight is 217 g/mol. The molecule has 0 spiro atoms. The molecule has 0 saturated heterocycles. The maximum absolute atomic E-state index is 10.8. The van der Waals surface area contributed by atoms with Crippen LogP contribution in [-0.2, 0) is 0 Å². The van der Waals surface area contributed by atoms with Crippen LogP contribution in [0, 0.1) is 0 Å². The van der Waals surface area contributed by atoms with Crippen molar-refractivity contribution in [2.24, 2.45) is 4.99 Å². The molecule has 0 unspecified atom stereocenters. The summed E-state index contributed by atoms with van der Waals surface area (Å²) in [5.41, 5.74) is 2.55. The number of hydrogen-bond donors (Lipinski definition) is 0. The van der Waals surface area contributed by atoms with Gasteiger partial charge in [0.15, 0.2) is 6.29 Å². The van der Waals surface area contributed by atoms with Crippen molar-refractivity contribution in [2.75, 3.05) is 0 Å². The molecule has 0 aromatic heterocycles. The zero-order chi connectivity index (χ0) is 11.8. The standard InChI is InChI=1S/C14H19NO/c1-3-4-5-8-12(2)15-14-10-7-6-9-13(14)11-16/h6-7,9-11H,3-5,8H2,1-2H3. The van der Waals surface area contributed by atoms with Gasteiger partial charge >= 0.3 is 0 Å². The van der Waals surface area contributed by atoms with Gasteiger partial charge in [-0.25, -0.2) is 0 Å². The van der Waals surface area contributed by atoms with Crippen LogP contribution in [0.4, 0.5) is 5.69 Å².